The first-order chi connectivity index (χ1) is 4.75. The molecule has 0 spiro atoms. The fourth-order valence-electron chi connectivity index (χ4n) is 0.501. The molecule has 10 heavy (non-hydrogen) atoms. The molecule has 1 rings (SSSR count). The van der Waals surface area contributed by atoms with E-state index in [2.05, 4.69) is 55.1 Å². The number of halogens is 2. The smallest absolute Gasteiger partial charge is 0.182 e. The van der Waals surface area contributed by atoms with Crippen LogP contribution in [0.25, 0.3) is 0 Å². The van der Waals surface area contributed by atoms with Crippen LogP contribution < -0.4 is 4.74 Å². The minimum Gasteiger partial charge on any atom is -0.491 e. The van der Waals surface area contributed by atoms with E-state index in [4.69, 9.17) is 4.74 Å². The fraction of sp³-hybridized carbons (Fsp3) is 0.200. The molecule has 0 radical (unpaired) electrons. The van der Waals surface area contributed by atoms with Gasteiger partial charge in [-0.3, -0.25) is 0 Å². The molecule has 0 aliphatic heterocycles. The molecular weight excluding hydrogens is 358 g/mol. The number of rotatable bonds is 1. The van der Waals surface area contributed by atoms with E-state index in [-0.39, 0.29) is 0 Å². The van der Waals surface area contributed by atoms with E-state index >= 15 is 0 Å². The van der Waals surface area contributed by atoms with Crippen LogP contribution >= 0.6 is 45.2 Å². The lowest BCUT2D eigenvalue weighted by molar-refractivity contribution is 0.403. The molecule has 0 saturated carbocycles. The van der Waals surface area contributed by atoms with Crippen LogP contribution in [0.3, 0.4) is 0 Å². The Morgan fingerprint density at radius 3 is 2.10 bits per heavy atom. The summed E-state index contributed by atoms with van der Waals surface area (Å²) in [5.74, 6) is 0.753. The van der Waals surface area contributed by atoms with Gasteiger partial charge in [-0.1, -0.05) is 0 Å². The highest BCUT2D eigenvalue weighted by molar-refractivity contribution is 14.1. The van der Waals surface area contributed by atoms with Crippen molar-refractivity contribution in [1.82, 2.24) is 9.97 Å². The van der Waals surface area contributed by atoms with E-state index in [9.17, 15) is 0 Å². The predicted octanol–water partition coefficient (Wildman–Crippen LogP) is 1.69. The number of nitrogens with zero attached hydrogens (tertiary/aromatic N) is 2. The van der Waals surface area contributed by atoms with Crippen LogP contribution in [-0.2, 0) is 0 Å². The molecule has 1 heterocycles. The summed E-state index contributed by atoms with van der Waals surface area (Å²) in [6, 6.07) is 0. The van der Waals surface area contributed by atoms with Gasteiger partial charge in [-0.2, -0.15) is 0 Å². The average Bonchev–Trinajstić information content (AvgIpc) is 1.88. The maximum atomic E-state index is 5.04. The van der Waals surface area contributed by atoms with Gasteiger partial charge in [-0.25, -0.2) is 9.97 Å². The zero-order valence-electron chi connectivity index (χ0n) is 5.14. The van der Waals surface area contributed by atoms with E-state index < -0.39 is 0 Å². The summed E-state index contributed by atoms with van der Waals surface area (Å²) in [5, 5.41) is 0. The predicted molar refractivity (Wildman–Crippen MR) is 54.0 cm³/mol. The molecule has 0 aromatic carbocycles. The molecule has 1 aromatic rings. The molecule has 54 valence electrons. The Kier molecular flexibility index (Phi) is 3.08. The van der Waals surface area contributed by atoms with Crippen LogP contribution in [0.5, 0.6) is 5.75 Å². The summed E-state index contributed by atoms with van der Waals surface area (Å²) >= 11 is 4.21. The van der Waals surface area contributed by atoms with Crippen LogP contribution in [0.2, 0.25) is 0 Å². The summed E-state index contributed by atoms with van der Waals surface area (Å²) in [4.78, 5) is 7.91. The topological polar surface area (TPSA) is 35.0 Å². The molecule has 0 aliphatic rings. The van der Waals surface area contributed by atoms with Crippen molar-refractivity contribution in [2.75, 3.05) is 7.11 Å². The lowest BCUT2D eigenvalue weighted by atomic mass is 10.6. The van der Waals surface area contributed by atoms with E-state index in [1.54, 1.807) is 7.11 Å². The van der Waals surface area contributed by atoms with Crippen molar-refractivity contribution in [3.05, 3.63) is 13.7 Å². The Hall–Kier alpha value is 0.340. The van der Waals surface area contributed by atoms with Crippen molar-refractivity contribution >= 4 is 45.2 Å². The van der Waals surface area contributed by atoms with Gasteiger partial charge in [-0.05, 0) is 45.2 Å². The largest absolute Gasteiger partial charge is 0.491 e. The summed E-state index contributed by atoms with van der Waals surface area (Å²) < 4.78 is 6.73. The van der Waals surface area contributed by atoms with Gasteiger partial charge in [0, 0.05) is 0 Å². The number of methoxy groups -OCH3 is 1. The lowest BCUT2D eigenvalue weighted by Gasteiger charge is -2.01. The summed E-state index contributed by atoms with van der Waals surface area (Å²) in [5.41, 5.74) is 0. The summed E-state index contributed by atoms with van der Waals surface area (Å²) in [7, 11) is 1.61. The van der Waals surface area contributed by atoms with Crippen molar-refractivity contribution in [3.8, 4) is 5.75 Å². The lowest BCUT2D eigenvalue weighted by Crippen LogP contribution is -1.95. The Morgan fingerprint density at radius 2 is 1.80 bits per heavy atom. The molecular formula is C5H4I2N2O. The van der Waals surface area contributed by atoms with Gasteiger partial charge in [0.25, 0.3) is 0 Å². The zero-order chi connectivity index (χ0) is 7.56. The number of aromatic nitrogens is 2. The van der Waals surface area contributed by atoms with Crippen molar-refractivity contribution in [1.29, 1.82) is 0 Å². The monoisotopic (exact) mass is 362 g/mol. The van der Waals surface area contributed by atoms with Crippen molar-refractivity contribution in [3.63, 3.8) is 0 Å². The first-order valence-corrected chi connectivity index (χ1v) is 4.61. The minimum absolute atomic E-state index is 0.753. The van der Waals surface area contributed by atoms with Crippen molar-refractivity contribution in [2.24, 2.45) is 0 Å². The van der Waals surface area contributed by atoms with E-state index in [1.807, 2.05) is 0 Å². The first kappa shape index (κ1) is 8.44. The SMILES string of the molecule is COc1c(I)ncnc1I. The van der Waals surface area contributed by atoms with Crippen LogP contribution in [0.1, 0.15) is 0 Å². The number of hydrogen-bond donors (Lipinski definition) is 0. The quantitative estimate of drug-likeness (QED) is 0.564. The highest BCUT2D eigenvalue weighted by atomic mass is 127. The second-order valence-electron chi connectivity index (χ2n) is 1.49. The second kappa shape index (κ2) is 3.65. The Labute approximate surface area is 85.9 Å². The maximum absolute atomic E-state index is 5.04. The van der Waals surface area contributed by atoms with Gasteiger partial charge < -0.3 is 4.74 Å². The van der Waals surface area contributed by atoms with Gasteiger partial charge >= 0.3 is 0 Å². The van der Waals surface area contributed by atoms with E-state index in [1.165, 1.54) is 6.33 Å². The van der Waals surface area contributed by atoms with Crippen LogP contribution in [0, 0.1) is 7.40 Å². The number of ether oxygens (including phenoxy) is 1. The summed E-state index contributed by atoms with van der Waals surface area (Å²) in [6.45, 7) is 0. The summed E-state index contributed by atoms with van der Waals surface area (Å²) in [6.07, 6.45) is 1.52. The average molecular weight is 362 g/mol. The first-order valence-electron chi connectivity index (χ1n) is 2.45. The maximum Gasteiger partial charge on any atom is 0.182 e. The molecule has 0 saturated heterocycles. The van der Waals surface area contributed by atoms with Crippen LogP contribution in [0.15, 0.2) is 6.33 Å². The third-order valence-corrected chi connectivity index (χ3v) is 2.46. The standard InChI is InChI=1S/C5H4I2N2O/c1-10-3-4(6)8-2-9-5(3)7/h2H,1H3. The minimum atomic E-state index is 0.753. The van der Waals surface area contributed by atoms with Gasteiger partial charge in [-0.15, -0.1) is 0 Å². The van der Waals surface area contributed by atoms with Gasteiger partial charge in [0.2, 0.25) is 0 Å². The molecule has 3 nitrogen and oxygen atoms in total. The zero-order valence-corrected chi connectivity index (χ0v) is 9.45. The molecule has 0 N–H and O–H groups in total. The van der Waals surface area contributed by atoms with Crippen molar-refractivity contribution < 1.29 is 4.74 Å². The Balaban J connectivity index is 3.17. The second-order valence-corrected chi connectivity index (χ2v) is 3.53. The van der Waals surface area contributed by atoms with E-state index in [0.29, 0.717) is 0 Å². The normalized spacial score (nSPS) is 9.50. The number of hydrogen-bond acceptors (Lipinski definition) is 3. The molecule has 0 aliphatic carbocycles. The van der Waals surface area contributed by atoms with Gasteiger partial charge in [0.1, 0.15) is 13.7 Å². The molecule has 0 fully saturated rings. The Morgan fingerprint density at radius 1 is 1.30 bits per heavy atom. The molecule has 5 heteroatoms. The van der Waals surface area contributed by atoms with Crippen molar-refractivity contribution in [2.45, 2.75) is 0 Å². The Bertz CT molecular complexity index is 221. The molecule has 1 aromatic heterocycles. The molecule has 0 atom stereocenters. The molecule has 0 amide bonds. The third-order valence-electron chi connectivity index (χ3n) is 0.921. The van der Waals surface area contributed by atoms with Crippen LogP contribution in [0.4, 0.5) is 0 Å². The molecule has 0 unspecified atom stereocenters. The third kappa shape index (κ3) is 1.68. The van der Waals surface area contributed by atoms with E-state index in [0.717, 1.165) is 13.2 Å². The fourth-order valence-corrected chi connectivity index (χ4v) is 2.22. The molecule has 0 bridgehead atoms. The van der Waals surface area contributed by atoms with Gasteiger partial charge in [0.15, 0.2) is 5.75 Å². The van der Waals surface area contributed by atoms with Gasteiger partial charge in [0.05, 0.1) is 7.11 Å². The van der Waals surface area contributed by atoms with Crippen LogP contribution in [-0.4, -0.2) is 17.1 Å². The highest BCUT2D eigenvalue weighted by Gasteiger charge is 2.04. The highest BCUT2D eigenvalue weighted by Crippen LogP contribution is 2.21.